The maximum Gasteiger partial charge on any atom is 0.167 e. The number of carbonyl (C=O) groups is 1. The average Bonchev–Trinajstić information content (AvgIpc) is 2.86. The van der Waals surface area contributed by atoms with Crippen LogP contribution >= 0.6 is 11.6 Å². The standard InChI is InChI=1S/C18H17ClO2/c1-11-4-3-5-12(2)17(11)16(20)10-14-9-15(19)8-13-6-7-21-18(13)14/h3-5,8-9H,6-7,10H2,1-2H3. The monoisotopic (exact) mass is 300 g/mol. The largest absolute Gasteiger partial charge is 0.493 e. The maximum absolute atomic E-state index is 12.7. The van der Waals surface area contributed by atoms with Crippen molar-refractivity contribution < 1.29 is 9.53 Å². The molecule has 0 atom stereocenters. The van der Waals surface area contributed by atoms with Crippen LogP contribution in [0.25, 0.3) is 0 Å². The van der Waals surface area contributed by atoms with Crippen molar-refractivity contribution in [1.29, 1.82) is 0 Å². The molecule has 1 heterocycles. The molecule has 2 aromatic carbocycles. The number of carbonyl (C=O) groups excluding carboxylic acids is 1. The van der Waals surface area contributed by atoms with Gasteiger partial charge in [-0.25, -0.2) is 0 Å². The van der Waals surface area contributed by atoms with E-state index in [2.05, 4.69) is 0 Å². The summed E-state index contributed by atoms with van der Waals surface area (Å²) in [6.07, 6.45) is 1.19. The highest BCUT2D eigenvalue weighted by atomic mass is 35.5. The molecular formula is C18H17ClO2. The van der Waals surface area contributed by atoms with Gasteiger partial charge in [0, 0.05) is 29.0 Å². The lowest BCUT2D eigenvalue weighted by Crippen LogP contribution is -2.08. The maximum atomic E-state index is 12.7. The van der Waals surface area contributed by atoms with E-state index in [1.165, 1.54) is 0 Å². The summed E-state index contributed by atoms with van der Waals surface area (Å²) in [5, 5.41) is 0.670. The highest BCUT2D eigenvalue weighted by Crippen LogP contribution is 2.33. The highest BCUT2D eigenvalue weighted by Gasteiger charge is 2.21. The third-order valence-corrected chi connectivity index (χ3v) is 4.15. The number of Topliss-reactive ketones (excluding diaryl/α,β-unsaturated/α-hetero) is 1. The Kier molecular flexibility index (Phi) is 3.73. The van der Waals surface area contributed by atoms with Gasteiger partial charge in [0.15, 0.2) is 5.78 Å². The zero-order valence-corrected chi connectivity index (χ0v) is 13.0. The van der Waals surface area contributed by atoms with Crippen LogP contribution in [0.5, 0.6) is 5.75 Å². The fourth-order valence-electron chi connectivity index (χ4n) is 2.99. The summed E-state index contributed by atoms with van der Waals surface area (Å²) in [6, 6.07) is 9.69. The van der Waals surface area contributed by atoms with E-state index in [1.54, 1.807) is 0 Å². The SMILES string of the molecule is Cc1cccc(C)c1C(=O)Cc1cc(Cl)cc2c1OCC2. The average molecular weight is 301 g/mol. The fourth-order valence-corrected chi connectivity index (χ4v) is 3.26. The molecule has 0 aliphatic carbocycles. The van der Waals surface area contributed by atoms with Gasteiger partial charge in [-0.05, 0) is 42.7 Å². The van der Waals surface area contributed by atoms with Crippen LogP contribution in [0, 0.1) is 13.8 Å². The minimum Gasteiger partial charge on any atom is -0.493 e. The highest BCUT2D eigenvalue weighted by molar-refractivity contribution is 6.30. The summed E-state index contributed by atoms with van der Waals surface area (Å²) in [5.74, 6) is 0.963. The molecule has 0 amide bonds. The van der Waals surface area contributed by atoms with E-state index < -0.39 is 0 Å². The molecule has 3 rings (SSSR count). The third-order valence-electron chi connectivity index (χ3n) is 3.94. The Morgan fingerprint density at radius 1 is 1.24 bits per heavy atom. The lowest BCUT2D eigenvalue weighted by molar-refractivity contribution is 0.0991. The van der Waals surface area contributed by atoms with Crippen molar-refractivity contribution in [1.82, 2.24) is 0 Å². The molecule has 1 aliphatic rings. The van der Waals surface area contributed by atoms with Crippen molar-refractivity contribution in [3.8, 4) is 5.75 Å². The number of hydrogen-bond donors (Lipinski definition) is 0. The van der Waals surface area contributed by atoms with Gasteiger partial charge in [-0.2, -0.15) is 0 Å². The van der Waals surface area contributed by atoms with Crippen LogP contribution in [0.15, 0.2) is 30.3 Å². The first-order chi connectivity index (χ1) is 10.1. The quantitative estimate of drug-likeness (QED) is 0.789. The van der Waals surface area contributed by atoms with Gasteiger partial charge in [0.1, 0.15) is 5.75 Å². The second kappa shape index (κ2) is 5.53. The van der Waals surface area contributed by atoms with Crippen molar-refractivity contribution in [3.05, 3.63) is 63.2 Å². The van der Waals surface area contributed by atoms with Crippen LogP contribution in [0.2, 0.25) is 5.02 Å². The Balaban J connectivity index is 1.96. The molecule has 21 heavy (non-hydrogen) atoms. The summed E-state index contributed by atoms with van der Waals surface area (Å²) in [6.45, 7) is 4.61. The van der Waals surface area contributed by atoms with E-state index >= 15 is 0 Å². The Morgan fingerprint density at radius 3 is 2.67 bits per heavy atom. The molecule has 0 unspecified atom stereocenters. The van der Waals surface area contributed by atoms with Crippen molar-refractivity contribution in [2.24, 2.45) is 0 Å². The first kappa shape index (κ1) is 14.2. The van der Waals surface area contributed by atoms with E-state index in [0.717, 1.165) is 40.0 Å². The zero-order valence-electron chi connectivity index (χ0n) is 12.2. The predicted molar refractivity (Wildman–Crippen MR) is 84.6 cm³/mol. The van der Waals surface area contributed by atoms with Crippen molar-refractivity contribution in [2.75, 3.05) is 6.61 Å². The van der Waals surface area contributed by atoms with Gasteiger partial charge in [-0.1, -0.05) is 29.8 Å². The lowest BCUT2D eigenvalue weighted by atomic mass is 9.94. The van der Waals surface area contributed by atoms with E-state index in [1.807, 2.05) is 44.2 Å². The van der Waals surface area contributed by atoms with E-state index in [-0.39, 0.29) is 5.78 Å². The molecule has 0 saturated carbocycles. The molecule has 0 spiro atoms. The van der Waals surface area contributed by atoms with Gasteiger partial charge >= 0.3 is 0 Å². The fraction of sp³-hybridized carbons (Fsp3) is 0.278. The molecule has 0 N–H and O–H groups in total. The van der Waals surface area contributed by atoms with Gasteiger partial charge in [-0.15, -0.1) is 0 Å². The summed E-state index contributed by atoms with van der Waals surface area (Å²) in [4.78, 5) is 12.7. The second-order valence-electron chi connectivity index (χ2n) is 5.52. The molecule has 0 saturated heterocycles. The first-order valence-corrected chi connectivity index (χ1v) is 7.47. The zero-order chi connectivity index (χ0) is 15.0. The number of aryl methyl sites for hydroxylation is 2. The van der Waals surface area contributed by atoms with E-state index in [0.29, 0.717) is 18.1 Å². The summed E-state index contributed by atoms with van der Waals surface area (Å²) in [5.41, 5.74) is 4.83. The Morgan fingerprint density at radius 2 is 1.95 bits per heavy atom. The normalized spacial score (nSPS) is 12.9. The van der Waals surface area contributed by atoms with Crippen molar-refractivity contribution >= 4 is 17.4 Å². The Labute approximate surface area is 129 Å². The second-order valence-corrected chi connectivity index (χ2v) is 5.95. The van der Waals surface area contributed by atoms with Gasteiger partial charge in [-0.3, -0.25) is 4.79 Å². The number of rotatable bonds is 3. The molecule has 0 radical (unpaired) electrons. The minimum absolute atomic E-state index is 0.116. The molecule has 0 fully saturated rings. The van der Waals surface area contributed by atoms with Crippen molar-refractivity contribution in [2.45, 2.75) is 26.7 Å². The molecule has 2 aromatic rings. The number of fused-ring (bicyclic) bond motifs is 1. The van der Waals surface area contributed by atoms with Crippen LogP contribution in [0.3, 0.4) is 0 Å². The third kappa shape index (κ3) is 2.68. The molecule has 1 aliphatic heterocycles. The van der Waals surface area contributed by atoms with Gasteiger partial charge in [0.2, 0.25) is 0 Å². The smallest absolute Gasteiger partial charge is 0.167 e. The summed E-state index contributed by atoms with van der Waals surface area (Å²) in [7, 11) is 0. The van der Waals surface area contributed by atoms with Crippen LogP contribution < -0.4 is 4.74 Å². The van der Waals surface area contributed by atoms with Crippen molar-refractivity contribution in [3.63, 3.8) is 0 Å². The predicted octanol–water partition coefficient (Wildman–Crippen LogP) is 4.32. The van der Waals surface area contributed by atoms with Gasteiger partial charge < -0.3 is 4.74 Å². The molecule has 2 nitrogen and oxygen atoms in total. The molecule has 108 valence electrons. The lowest BCUT2D eigenvalue weighted by Gasteiger charge is -2.11. The van der Waals surface area contributed by atoms with Crippen LogP contribution in [-0.4, -0.2) is 12.4 Å². The molecule has 3 heteroatoms. The van der Waals surface area contributed by atoms with Crippen LogP contribution in [0.1, 0.15) is 32.6 Å². The topological polar surface area (TPSA) is 26.3 Å². The van der Waals surface area contributed by atoms with Gasteiger partial charge in [0.25, 0.3) is 0 Å². The molecule has 0 aromatic heterocycles. The van der Waals surface area contributed by atoms with Crippen LogP contribution in [0.4, 0.5) is 0 Å². The first-order valence-electron chi connectivity index (χ1n) is 7.10. The van der Waals surface area contributed by atoms with Gasteiger partial charge in [0.05, 0.1) is 6.61 Å². The summed E-state index contributed by atoms with van der Waals surface area (Å²) >= 11 is 6.15. The number of hydrogen-bond acceptors (Lipinski definition) is 2. The minimum atomic E-state index is 0.116. The Hall–Kier alpha value is -1.80. The summed E-state index contributed by atoms with van der Waals surface area (Å²) < 4.78 is 5.67. The Bertz CT molecular complexity index is 699. The van der Waals surface area contributed by atoms with E-state index in [4.69, 9.17) is 16.3 Å². The number of halogens is 1. The number of ether oxygens (including phenoxy) is 1. The molecular weight excluding hydrogens is 284 g/mol. The van der Waals surface area contributed by atoms with Crippen LogP contribution in [-0.2, 0) is 12.8 Å². The molecule has 0 bridgehead atoms. The number of benzene rings is 2. The number of ketones is 1. The van der Waals surface area contributed by atoms with E-state index in [9.17, 15) is 4.79 Å².